The number of carbonyl (C=O) groups is 1. The van der Waals surface area contributed by atoms with Gasteiger partial charge in [-0.15, -0.1) is 10.2 Å². The van der Waals surface area contributed by atoms with Crippen molar-refractivity contribution in [2.45, 2.75) is 19.9 Å². The number of benzene rings is 1. The Labute approximate surface area is 103 Å². The second kappa shape index (κ2) is 4.95. The van der Waals surface area contributed by atoms with Gasteiger partial charge in [0.25, 0.3) is 0 Å². The summed E-state index contributed by atoms with van der Waals surface area (Å²) in [4.78, 5) is 11.6. The van der Waals surface area contributed by atoms with Crippen LogP contribution < -0.4 is 5.32 Å². The van der Waals surface area contributed by atoms with Crippen molar-refractivity contribution in [3.63, 3.8) is 0 Å². The van der Waals surface area contributed by atoms with E-state index in [9.17, 15) is 9.18 Å². The van der Waals surface area contributed by atoms with Gasteiger partial charge in [-0.2, -0.15) is 0 Å². The van der Waals surface area contributed by atoms with Gasteiger partial charge in [0.15, 0.2) is 0 Å². The summed E-state index contributed by atoms with van der Waals surface area (Å²) in [7, 11) is 0. The van der Waals surface area contributed by atoms with E-state index in [1.165, 1.54) is 24.3 Å². The first-order valence-corrected chi connectivity index (χ1v) is 5.46. The van der Waals surface area contributed by atoms with Crippen molar-refractivity contribution in [3.8, 4) is 11.5 Å². The molecule has 0 aliphatic heterocycles. The molecule has 0 saturated heterocycles. The Hall–Kier alpha value is -2.24. The van der Waals surface area contributed by atoms with E-state index in [0.29, 0.717) is 5.56 Å². The van der Waals surface area contributed by atoms with Crippen LogP contribution in [0.4, 0.5) is 4.39 Å². The lowest BCUT2D eigenvalue weighted by Crippen LogP contribution is -2.30. The standard InChI is InChI=1S/C12H12FN3O2/c1-7(2)14-10(17)12-16-15-11(18-12)8-3-5-9(13)6-4-8/h3-7H,1-2H3,(H,14,17). The zero-order valence-corrected chi connectivity index (χ0v) is 9.98. The van der Waals surface area contributed by atoms with Crippen LogP contribution >= 0.6 is 0 Å². The molecule has 0 unspecified atom stereocenters. The van der Waals surface area contributed by atoms with Crippen LogP contribution in [0.1, 0.15) is 24.5 Å². The van der Waals surface area contributed by atoms with Crippen molar-refractivity contribution >= 4 is 5.91 Å². The Morgan fingerprint density at radius 2 is 1.94 bits per heavy atom. The molecule has 1 N–H and O–H groups in total. The van der Waals surface area contributed by atoms with Crippen LogP contribution in [-0.2, 0) is 0 Å². The second-order valence-electron chi connectivity index (χ2n) is 4.05. The van der Waals surface area contributed by atoms with Gasteiger partial charge in [-0.05, 0) is 38.1 Å². The van der Waals surface area contributed by atoms with Crippen molar-refractivity contribution in [3.05, 3.63) is 36.0 Å². The number of halogens is 1. The molecule has 0 atom stereocenters. The predicted octanol–water partition coefficient (Wildman–Crippen LogP) is 2.01. The van der Waals surface area contributed by atoms with E-state index < -0.39 is 5.91 Å². The normalized spacial score (nSPS) is 10.7. The molecule has 0 aliphatic carbocycles. The summed E-state index contributed by atoms with van der Waals surface area (Å²) in [6, 6.07) is 5.57. The largest absolute Gasteiger partial charge is 0.412 e. The monoisotopic (exact) mass is 249 g/mol. The highest BCUT2D eigenvalue weighted by molar-refractivity contribution is 5.89. The summed E-state index contributed by atoms with van der Waals surface area (Å²) in [5.74, 6) is -0.700. The molecule has 1 aromatic carbocycles. The zero-order chi connectivity index (χ0) is 13.1. The maximum Gasteiger partial charge on any atom is 0.309 e. The summed E-state index contributed by atoms with van der Waals surface area (Å²) >= 11 is 0. The summed E-state index contributed by atoms with van der Waals surface area (Å²) in [6.45, 7) is 3.66. The van der Waals surface area contributed by atoms with E-state index in [4.69, 9.17) is 4.42 Å². The van der Waals surface area contributed by atoms with E-state index in [1.54, 1.807) is 0 Å². The van der Waals surface area contributed by atoms with Gasteiger partial charge in [0.1, 0.15) is 5.82 Å². The highest BCUT2D eigenvalue weighted by Crippen LogP contribution is 2.17. The number of nitrogens with one attached hydrogen (secondary N) is 1. The number of carbonyl (C=O) groups excluding carboxylic acids is 1. The highest BCUT2D eigenvalue weighted by Gasteiger charge is 2.16. The average molecular weight is 249 g/mol. The van der Waals surface area contributed by atoms with Crippen molar-refractivity contribution in [2.24, 2.45) is 0 Å². The molecule has 0 radical (unpaired) electrons. The van der Waals surface area contributed by atoms with E-state index in [2.05, 4.69) is 15.5 Å². The molecule has 1 heterocycles. The molecule has 0 bridgehead atoms. The molecule has 94 valence electrons. The van der Waals surface area contributed by atoms with Gasteiger partial charge in [-0.25, -0.2) is 4.39 Å². The lowest BCUT2D eigenvalue weighted by molar-refractivity contribution is 0.0909. The summed E-state index contributed by atoms with van der Waals surface area (Å²) < 4.78 is 18.0. The molecule has 1 aromatic heterocycles. The van der Waals surface area contributed by atoms with Gasteiger partial charge in [0, 0.05) is 11.6 Å². The SMILES string of the molecule is CC(C)NC(=O)c1nnc(-c2ccc(F)cc2)o1. The van der Waals surface area contributed by atoms with Crippen LogP contribution in [0.15, 0.2) is 28.7 Å². The molecule has 2 rings (SSSR count). The van der Waals surface area contributed by atoms with Crippen LogP contribution in [0.5, 0.6) is 0 Å². The Bertz CT molecular complexity index is 549. The Balaban J connectivity index is 2.20. The summed E-state index contributed by atoms with van der Waals surface area (Å²) in [5, 5.41) is 10.0. The van der Waals surface area contributed by atoms with Crippen LogP contribution in [0, 0.1) is 5.82 Å². The summed E-state index contributed by atoms with van der Waals surface area (Å²) in [5.41, 5.74) is 0.562. The van der Waals surface area contributed by atoms with Gasteiger partial charge >= 0.3 is 11.8 Å². The molecule has 1 amide bonds. The molecular formula is C12H12FN3O2. The van der Waals surface area contributed by atoms with Gasteiger partial charge < -0.3 is 9.73 Å². The van der Waals surface area contributed by atoms with Crippen molar-refractivity contribution in [1.29, 1.82) is 0 Å². The Morgan fingerprint density at radius 3 is 2.56 bits per heavy atom. The molecule has 0 spiro atoms. The summed E-state index contributed by atoms with van der Waals surface area (Å²) in [6.07, 6.45) is 0. The average Bonchev–Trinajstić information content (AvgIpc) is 2.78. The predicted molar refractivity (Wildman–Crippen MR) is 62.3 cm³/mol. The van der Waals surface area contributed by atoms with E-state index in [1.807, 2.05) is 13.8 Å². The smallest absolute Gasteiger partial charge is 0.309 e. The topological polar surface area (TPSA) is 68.0 Å². The quantitative estimate of drug-likeness (QED) is 0.903. The number of amides is 1. The minimum atomic E-state index is -0.425. The number of rotatable bonds is 3. The molecule has 0 saturated carbocycles. The minimum Gasteiger partial charge on any atom is -0.412 e. The first-order valence-electron chi connectivity index (χ1n) is 5.46. The first-order chi connectivity index (χ1) is 8.56. The second-order valence-corrected chi connectivity index (χ2v) is 4.05. The van der Waals surface area contributed by atoms with Crippen LogP contribution in [-0.4, -0.2) is 22.1 Å². The fraction of sp³-hybridized carbons (Fsp3) is 0.250. The number of nitrogens with zero attached hydrogens (tertiary/aromatic N) is 2. The van der Waals surface area contributed by atoms with E-state index in [0.717, 1.165) is 0 Å². The maximum atomic E-state index is 12.7. The minimum absolute atomic E-state index is 0.0151. The molecule has 0 fully saturated rings. The molecule has 6 heteroatoms. The lowest BCUT2D eigenvalue weighted by atomic mass is 10.2. The molecule has 18 heavy (non-hydrogen) atoms. The molecule has 2 aromatic rings. The van der Waals surface area contributed by atoms with Gasteiger partial charge in [-0.3, -0.25) is 4.79 Å². The first kappa shape index (κ1) is 12.2. The van der Waals surface area contributed by atoms with Crippen LogP contribution in [0.2, 0.25) is 0 Å². The number of aromatic nitrogens is 2. The molecule has 5 nitrogen and oxygen atoms in total. The fourth-order valence-corrected chi connectivity index (χ4v) is 1.35. The maximum absolute atomic E-state index is 12.7. The van der Waals surface area contributed by atoms with Crippen molar-refractivity contribution < 1.29 is 13.6 Å². The number of hydrogen-bond acceptors (Lipinski definition) is 4. The van der Waals surface area contributed by atoms with Crippen molar-refractivity contribution in [2.75, 3.05) is 0 Å². The third kappa shape index (κ3) is 2.71. The Kier molecular flexibility index (Phi) is 3.36. The van der Waals surface area contributed by atoms with Crippen LogP contribution in [0.3, 0.4) is 0 Å². The third-order valence-corrected chi connectivity index (χ3v) is 2.13. The van der Waals surface area contributed by atoms with Crippen molar-refractivity contribution in [1.82, 2.24) is 15.5 Å². The highest BCUT2D eigenvalue weighted by atomic mass is 19.1. The third-order valence-electron chi connectivity index (χ3n) is 2.13. The van der Waals surface area contributed by atoms with E-state index in [-0.39, 0.29) is 23.6 Å². The van der Waals surface area contributed by atoms with Crippen LogP contribution in [0.25, 0.3) is 11.5 Å². The van der Waals surface area contributed by atoms with Gasteiger partial charge in [0.2, 0.25) is 5.89 Å². The van der Waals surface area contributed by atoms with Gasteiger partial charge in [0.05, 0.1) is 0 Å². The molecular weight excluding hydrogens is 237 g/mol. The van der Waals surface area contributed by atoms with Gasteiger partial charge in [-0.1, -0.05) is 0 Å². The van der Waals surface area contributed by atoms with E-state index >= 15 is 0 Å². The number of hydrogen-bond donors (Lipinski definition) is 1. The molecule has 0 aliphatic rings. The lowest BCUT2D eigenvalue weighted by Gasteiger charge is -2.03. The Morgan fingerprint density at radius 1 is 1.28 bits per heavy atom. The fourth-order valence-electron chi connectivity index (χ4n) is 1.35. The zero-order valence-electron chi connectivity index (χ0n) is 9.98.